The first-order valence-electron chi connectivity index (χ1n) is 6.94. The van der Waals surface area contributed by atoms with E-state index in [9.17, 15) is 0 Å². The maximum atomic E-state index is 9.00. The number of nitrogens with two attached hydrogens (primary N) is 1. The SMILES string of the molecule is CC(C)N(CCO)CCCOc1ccccc1CN. The van der Waals surface area contributed by atoms with Crippen LogP contribution in [-0.2, 0) is 6.54 Å². The molecule has 1 rings (SSSR count). The van der Waals surface area contributed by atoms with Gasteiger partial charge < -0.3 is 15.6 Å². The summed E-state index contributed by atoms with van der Waals surface area (Å²) in [7, 11) is 0. The summed E-state index contributed by atoms with van der Waals surface area (Å²) in [5, 5.41) is 9.00. The number of aliphatic hydroxyl groups excluding tert-OH is 1. The summed E-state index contributed by atoms with van der Waals surface area (Å²) in [6.07, 6.45) is 0.942. The average Bonchev–Trinajstić information content (AvgIpc) is 2.42. The Bertz CT molecular complexity index is 356. The lowest BCUT2D eigenvalue weighted by Gasteiger charge is -2.25. The van der Waals surface area contributed by atoms with E-state index < -0.39 is 0 Å². The number of hydrogen-bond acceptors (Lipinski definition) is 4. The van der Waals surface area contributed by atoms with Crippen molar-refractivity contribution in [2.24, 2.45) is 5.73 Å². The highest BCUT2D eigenvalue weighted by Gasteiger charge is 2.08. The first kappa shape index (κ1) is 16.0. The molecule has 0 bridgehead atoms. The Morgan fingerprint density at radius 2 is 2.00 bits per heavy atom. The molecule has 0 saturated carbocycles. The number of hydrogen-bond donors (Lipinski definition) is 2. The van der Waals surface area contributed by atoms with Gasteiger partial charge in [-0.2, -0.15) is 0 Å². The first-order chi connectivity index (χ1) is 9.19. The zero-order valence-electron chi connectivity index (χ0n) is 12.0. The Morgan fingerprint density at radius 1 is 1.26 bits per heavy atom. The minimum Gasteiger partial charge on any atom is -0.493 e. The van der Waals surface area contributed by atoms with Crippen LogP contribution in [-0.4, -0.2) is 42.4 Å². The maximum Gasteiger partial charge on any atom is 0.123 e. The second-order valence-corrected chi connectivity index (χ2v) is 4.87. The number of ether oxygens (including phenoxy) is 1. The zero-order valence-corrected chi connectivity index (χ0v) is 12.0. The molecule has 19 heavy (non-hydrogen) atoms. The summed E-state index contributed by atoms with van der Waals surface area (Å²) in [5.74, 6) is 0.878. The molecular formula is C15H26N2O2. The third-order valence-corrected chi connectivity index (χ3v) is 3.16. The summed E-state index contributed by atoms with van der Waals surface area (Å²) in [6.45, 7) is 7.31. The highest BCUT2D eigenvalue weighted by atomic mass is 16.5. The van der Waals surface area contributed by atoms with E-state index in [1.54, 1.807) is 0 Å². The molecule has 0 spiro atoms. The van der Waals surface area contributed by atoms with Crippen LogP contribution in [0, 0.1) is 0 Å². The van der Waals surface area contributed by atoms with Crippen LogP contribution in [0.2, 0.25) is 0 Å². The fourth-order valence-corrected chi connectivity index (χ4v) is 2.02. The Hall–Kier alpha value is -1.10. The third-order valence-electron chi connectivity index (χ3n) is 3.16. The van der Waals surface area contributed by atoms with Crippen LogP contribution in [0.4, 0.5) is 0 Å². The third kappa shape index (κ3) is 5.59. The van der Waals surface area contributed by atoms with Crippen LogP contribution in [0.5, 0.6) is 5.75 Å². The largest absolute Gasteiger partial charge is 0.493 e. The van der Waals surface area contributed by atoms with Gasteiger partial charge in [0.15, 0.2) is 0 Å². The van der Waals surface area contributed by atoms with Crippen molar-refractivity contribution < 1.29 is 9.84 Å². The fourth-order valence-electron chi connectivity index (χ4n) is 2.02. The van der Waals surface area contributed by atoms with Crippen LogP contribution in [0.15, 0.2) is 24.3 Å². The van der Waals surface area contributed by atoms with E-state index in [0.29, 0.717) is 19.2 Å². The molecule has 0 aliphatic rings. The van der Waals surface area contributed by atoms with E-state index in [1.165, 1.54) is 0 Å². The summed E-state index contributed by atoms with van der Waals surface area (Å²) in [4.78, 5) is 2.25. The molecular weight excluding hydrogens is 240 g/mol. The number of benzene rings is 1. The van der Waals surface area contributed by atoms with Gasteiger partial charge in [-0.1, -0.05) is 18.2 Å². The van der Waals surface area contributed by atoms with Gasteiger partial charge in [0.25, 0.3) is 0 Å². The molecule has 0 radical (unpaired) electrons. The monoisotopic (exact) mass is 266 g/mol. The van der Waals surface area contributed by atoms with Gasteiger partial charge in [0.05, 0.1) is 13.2 Å². The van der Waals surface area contributed by atoms with Crippen molar-refractivity contribution in [1.82, 2.24) is 4.90 Å². The molecule has 3 N–H and O–H groups in total. The molecule has 0 unspecified atom stereocenters. The van der Waals surface area contributed by atoms with Crippen LogP contribution in [0.25, 0.3) is 0 Å². The molecule has 1 aromatic rings. The number of rotatable bonds is 9. The Labute approximate surface area is 116 Å². The van der Waals surface area contributed by atoms with Gasteiger partial charge in [-0.3, -0.25) is 4.90 Å². The van der Waals surface area contributed by atoms with Crippen LogP contribution in [0.3, 0.4) is 0 Å². The molecule has 0 fully saturated rings. The van der Waals surface area contributed by atoms with E-state index in [-0.39, 0.29) is 6.61 Å². The van der Waals surface area contributed by atoms with Crippen LogP contribution >= 0.6 is 0 Å². The van der Waals surface area contributed by atoms with Crippen molar-refractivity contribution in [2.45, 2.75) is 32.9 Å². The second kappa shape index (κ2) is 8.91. The van der Waals surface area contributed by atoms with Crippen LogP contribution in [0.1, 0.15) is 25.8 Å². The smallest absolute Gasteiger partial charge is 0.123 e. The van der Waals surface area contributed by atoms with Gasteiger partial charge in [0.1, 0.15) is 5.75 Å². The Balaban J connectivity index is 2.33. The standard InChI is InChI=1S/C15H26N2O2/c1-13(2)17(9-10-18)8-5-11-19-15-7-4-3-6-14(15)12-16/h3-4,6-7,13,18H,5,8-12,16H2,1-2H3. The molecule has 0 aliphatic carbocycles. The van der Waals surface area contributed by atoms with Crippen molar-refractivity contribution in [3.8, 4) is 5.75 Å². The molecule has 108 valence electrons. The van der Waals surface area contributed by atoms with Gasteiger partial charge in [0, 0.05) is 31.2 Å². The van der Waals surface area contributed by atoms with E-state index in [4.69, 9.17) is 15.6 Å². The normalized spacial score (nSPS) is 11.3. The lowest BCUT2D eigenvalue weighted by molar-refractivity contribution is 0.155. The molecule has 0 aromatic heterocycles. The molecule has 0 heterocycles. The molecule has 0 aliphatic heterocycles. The van der Waals surface area contributed by atoms with Crippen molar-refractivity contribution in [2.75, 3.05) is 26.3 Å². The Kier molecular flexibility index (Phi) is 7.48. The van der Waals surface area contributed by atoms with Crippen molar-refractivity contribution in [3.05, 3.63) is 29.8 Å². The average molecular weight is 266 g/mol. The van der Waals surface area contributed by atoms with E-state index in [2.05, 4.69) is 18.7 Å². The van der Waals surface area contributed by atoms with Gasteiger partial charge in [-0.25, -0.2) is 0 Å². The van der Waals surface area contributed by atoms with Crippen LogP contribution < -0.4 is 10.5 Å². The summed E-state index contributed by atoms with van der Waals surface area (Å²) in [6, 6.07) is 8.32. The lowest BCUT2D eigenvalue weighted by Crippen LogP contribution is -2.34. The summed E-state index contributed by atoms with van der Waals surface area (Å²) < 4.78 is 5.77. The van der Waals surface area contributed by atoms with Crippen molar-refractivity contribution in [1.29, 1.82) is 0 Å². The number of aliphatic hydroxyl groups is 1. The van der Waals surface area contributed by atoms with Gasteiger partial charge in [-0.15, -0.1) is 0 Å². The quantitative estimate of drug-likeness (QED) is 0.667. The minimum atomic E-state index is 0.203. The molecule has 0 saturated heterocycles. The minimum absolute atomic E-state index is 0.203. The lowest BCUT2D eigenvalue weighted by atomic mass is 10.2. The van der Waals surface area contributed by atoms with E-state index in [0.717, 1.165) is 30.8 Å². The van der Waals surface area contributed by atoms with E-state index >= 15 is 0 Å². The fraction of sp³-hybridized carbons (Fsp3) is 0.600. The molecule has 1 aromatic carbocycles. The molecule has 4 heteroatoms. The highest BCUT2D eigenvalue weighted by Crippen LogP contribution is 2.17. The summed E-state index contributed by atoms with van der Waals surface area (Å²) >= 11 is 0. The second-order valence-electron chi connectivity index (χ2n) is 4.87. The molecule has 0 amide bonds. The highest BCUT2D eigenvalue weighted by molar-refractivity contribution is 5.32. The van der Waals surface area contributed by atoms with Gasteiger partial charge in [-0.05, 0) is 26.3 Å². The molecule has 0 atom stereocenters. The first-order valence-corrected chi connectivity index (χ1v) is 6.94. The number of para-hydroxylation sites is 1. The van der Waals surface area contributed by atoms with Crippen molar-refractivity contribution >= 4 is 0 Å². The van der Waals surface area contributed by atoms with E-state index in [1.807, 2.05) is 24.3 Å². The summed E-state index contributed by atoms with van der Waals surface area (Å²) in [5.41, 5.74) is 6.71. The number of nitrogens with zero attached hydrogens (tertiary/aromatic N) is 1. The van der Waals surface area contributed by atoms with Gasteiger partial charge in [0.2, 0.25) is 0 Å². The maximum absolute atomic E-state index is 9.00. The van der Waals surface area contributed by atoms with Crippen molar-refractivity contribution in [3.63, 3.8) is 0 Å². The predicted octanol–water partition coefficient (Wildman–Crippen LogP) is 1.62. The Morgan fingerprint density at radius 3 is 2.63 bits per heavy atom. The van der Waals surface area contributed by atoms with Gasteiger partial charge >= 0.3 is 0 Å². The zero-order chi connectivity index (χ0) is 14.1. The topological polar surface area (TPSA) is 58.7 Å². The molecule has 4 nitrogen and oxygen atoms in total. The predicted molar refractivity (Wildman–Crippen MR) is 78.2 cm³/mol.